The number of aliphatic hydroxyl groups is 1. The summed E-state index contributed by atoms with van der Waals surface area (Å²) in [4.78, 5) is 24.2. The van der Waals surface area contributed by atoms with Gasteiger partial charge in [-0.1, -0.05) is 12.2 Å². The van der Waals surface area contributed by atoms with E-state index in [9.17, 15) is 19.1 Å². The van der Waals surface area contributed by atoms with Crippen LogP contribution >= 0.6 is 0 Å². The van der Waals surface area contributed by atoms with Gasteiger partial charge in [0.05, 0.1) is 17.8 Å². The van der Waals surface area contributed by atoms with Crippen LogP contribution in [0.25, 0.3) is 0 Å². The SMILES string of the molecule is C[C@H]1CCC/C=C/[C@@H]2C[C@H](OC(=O)c3ccc(F)cc3)C[C@H]2[C@H](O)/C=C/C(=O)O1. The molecule has 2 aliphatic rings. The molecule has 1 fully saturated rings. The van der Waals surface area contributed by atoms with Crippen molar-refractivity contribution in [1.29, 1.82) is 0 Å². The second kappa shape index (κ2) is 9.83. The van der Waals surface area contributed by atoms with E-state index in [0.717, 1.165) is 19.3 Å². The Hall–Kier alpha value is -2.47. The van der Waals surface area contributed by atoms with Crippen LogP contribution in [-0.2, 0) is 14.3 Å². The van der Waals surface area contributed by atoms with E-state index < -0.39 is 23.9 Å². The fourth-order valence-corrected chi connectivity index (χ4v) is 3.98. The van der Waals surface area contributed by atoms with Crippen molar-refractivity contribution in [1.82, 2.24) is 0 Å². The van der Waals surface area contributed by atoms with Crippen molar-refractivity contribution in [3.8, 4) is 0 Å². The Morgan fingerprint density at radius 1 is 1.21 bits per heavy atom. The molecule has 0 spiro atoms. The third-order valence-electron chi connectivity index (χ3n) is 5.52. The standard InChI is InChI=1S/C23H27FO5/c1-15-5-3-2-4-6-17-13-19(14-20(17)21(25)11-12-22(26)28-15)29-23(27)16-7-9-18(24)10-8-16/h4,6-12,15,17,19-21,25H,2-3,5,13-14H2,1H3/b6-4+,12-11+/t15-,17+,19-,20+,21+/m0/s1. The summed E-state index contributed by atoms with van der Waals surface area (Å²) in [5, 5.41) is 10.6. The van der Waals surface area contributed by atoms with Gasteiger partial charge in [-0.05, 0) is 81.2 Å². The number of hydrogen-bond acceptors (Lipinski definition) is 5. The largest absolute Gasteiger partial charge is 0.460 e. The first-order chi connectivity index (χ1) is 13.9. The van der Waals surface area contributed by atoms with E-state index in [1.165, 1.54) is 36.4 Å². The van der Waals surface area contributed by atoms with Gasteiger partial charge in [0, 0.05) is 6.08 Å². The lowest BCUT2D eigenvalue weighted by Crippen LogP contribution is -2.22. The normalized spacial score (nSPS) is 32.7. The number of fused-ring (bicyclic) bond motifs is 1. The summed E-state index contributed by atoms with van der Waals surface area (Å²) in [5.41, 5.74) is 0.293. The van der Waals surface area contributed by atoms with Crippen LogP contribution < -0.4 is 0 Å². The molecule has 1 N–H and O–H groups in total. The summed E-state index contributed by atoms with van der Waals surface area (Å²) in [6.07, 6.45) is 9.17. The maximum absolute atomic E-state index is 13.0. The number of ether oxygens (including phenoxy) is 2. The van der Waals surface area contributed by atoms with E-state index in [2.05, 4.69) is 12.2 Å². The van der Waals surface area contributed by atoms with Crippen LogP contribution in [0.2, 0.25) is 0 Å². The first-order valence-corrected chi connectivity index (χ1v) is 10.1. The zero-order valence-corrected chi connectivity index (χ0v) is 16.5. The van der Waals surface area contributed by atoms with E-state index in [1.807, 2.05) is 6.92 Å². The molecule has 0 saturated heterocycles. The molecule has 0 aromatic heterocycles. The Balaban J connectivity index is 1.69. The van der Waals surface area contributed by atoms with Crippen molar-refractivity contribution < 1.29 is 28.6 Å². The topological polar surface area (TPSA) is 72.8 Å². The summed E-state index contributed by atoms with van der Waals surface area (Å²) >= 11 is 0. The molecule has 6 heteroatoms. The average molecular weight is 402 g/mol. The number of halogens is 1. The molecule has 1 aromatic carbocycles. The van der Waals surface area contributed by atoms with Crippen molar-refractivity contribution in [2.45, 2.75) is 57.3 Å². The lowest BCUT2D eigenvalue weighted by atomic mass is 9.90. The molecule has 5 nitrogen and oxygen atoms in total. The molecule has 3 rings (SSSR count). The number of carbonyl (C=O) groups is 2. The van der Waals surface area contributed by atoms with Gasteiger partial charge in [0.1, 0.15) is 11.9 Å². The van der Waals surface area contributed by atoms with Crippen molar-refractivity contribution in [3.63, 3.8) is 0 Å². The maximum Gasteiger partial charge on any atom is 0.338 e. The highest BCUT2D eigenvalue weighted by Crippen LogP contribution is 2.38. The molecule has 0 unspecified atom stereocenters. The van der Waals surface area contributed by atoms with Crippen LogP contribution in [0.4, 0.5) is 4.39 Å². The van der Waals surface area contributed by atoms with Crippen molar-refractivity contribution in [2.24, 2.45) is 11.8 Å². The van der Waals surface area contributed by atoms with E-state index in [1.54, 1.807) is 0 Å². The molecule has 0 amide bonds. The number of cyclic esters (lactones) is 1. The number of esters is 2. The zero-order valence-electron chi connectivity index (χ0n) is 16.5. The molecule has 156 valence electrons. The van der Waals surface area contributed by atoms with Gasteiger partial charge < -0.3 is 14.6 Å². The third-order valence-corrected chi connectivity index (χ3v) is 5.52. The first-order valence-electron chi connectivity index (χ1n) is 10.1. The first kappa shape index (κ1) is 21.2. The number of allylic oxidation sites excluding steroid dienone is 2. The van der Waals surface area contributed by atoms with Crippen LogP contribution in [0.1, 0.15) is 49.4 Å². The second-order valence-corrected chi connectivity index (χ2v) is 7.79. The number of rotatable bonds is 2. The zero-order chi connectivity index (χ0) is 20.8. The number of aliphatic hydroxyl groups excluding tert-OH is 1. The molecular formula is C23H27FO5. The van der Waals surface area contributed by atoms with E-state index in [-0.39, 0.29) is 24.0 Å². The van der Waals surface area contributed by atoms with E-state index >= 15 is 0 Å². The molecule has 1 heterocycles. The lowest BCUT2D eigenvalue weighted by Gasteiger charge is -2.19. The number of carbonyl (C=O) groups excluding carboxylic acids is 2. The molecule has 1 aliphatic carbocycles. The Morgan fingerprint density at radius 3 is 2.72 bits per heavy atom. The van der Waals surface area contributed by atoms with Crippen LogP contribution in [0.5, 0.6) is 0 Å². The van der Waals surface area contributed by atoms with Gasteiger partial charge in [-0.15, -0.1) is 0 Å². The van der Waals surface area contributed by atoms with Crippen LogP contribution in [-0.4, -0.2) is 35.4 Å². The summed E-state index contributed by atoms with van der Waals surface area (Å²) in [6, 6.07) is 5.23. The smallest absolute Gasteiger partial charge is 0.338 e. The van der Waals surface area contributed by atoms with Crippen LogP contribution in [0.3, 0.4) is 0 Å². The van der Waals surface area contributed by atoms with E-state index in [0.29, 0.717) is 18.4 Å². The summed E-state index contributed by atoms with van der Waals surface area (Å²) in [5.74, 6) is -1.51. The van der Waals surface area contributed by atoms with Gasteiger partial charge in [-0.3, -0.25) is 0 Å². The van der Waals surface area contributed by atoms with Gasteiger partial charge in [0.15, 0.2) is 0 Å². The Kier molecular flexibility index (Phi) is 7.20. The van der Waals surface area contributed by atoms with Crippen molar-refractivity contribution in [2.75, 3.05) is 0 Å². The van der Waals surface area contributed by atoms with Gasteiger partial charge in [0.25, 0.3) is 0 Å². The van der Waals surface area contributed by atoms with Crippen molar-refractivity contribution >= 4 is 11.9 Å². The van der Waals surface area contributed by atoms with Gasteiger partial charge in [-0.2, -0.15) is 0 Å². The summed E-state index contributed by atoms with van der Waals surface area (Å²) < 4.78 is 23.9. The van der Waals surface area contributed by atoms with Gasteiger partial charge in [0.2, 0.25) is 0 Å². The fourth-order valence-electron chi connectivity index (χ4n) is 3.98. The summed E-state index contributed by atoms with van der Waals surface area (Å²) in [7, 11) is 0. The van der Waals surface area contributed by atoms with Gasteiger partial charge >= 0.3 is 11.9 Å². The Labute approximate surface area is 170 Å². The molecule has 29 heavy (non-hydrogen) atoms. The highest BCUT2D eigenvalue weighted by molar-refractivity contribution is 5.89. The predicted octanol–water partition coefficient (Wildman–Crippen LogP) is 3.97. The molecule has 0 radical (unpaired) electrons. The van der Waals surface area contributed by atoms with Crippen LogP contribution in [0.15, 0.2) is 48.6 Å². The molecule has 0 bridgehead atoms. The second-order valence-electron chi connectivity index (χ2n) is 7.79. The lowest BCUT2D eigenvalue weighted by molar-refractivity contribution is -0.142. The van der Waals surface area contributed by atoms with Crippen LogP contribution in [0, 0.1) is 17.7 Å². The Bertz CT molecular complexity index is 770. The third kappa shape index (κ3) is 6.00. The monoisotopic (exact) mass is 402 g/mol. The van der Waals surface area contributed by atoms with Gasteiger partial charge in [-0.25, -0.2) is 14.0 Å². The summed E-state index contributed by atoms with van der Waals surface area (Å²) in [6.45, 7) is 1.86. The van der Waals surface area contributed by atoms with E-state index in [4.69, 9.17) is 9.47 Å². The quantitative estimate of drug-likeness (QED) is 0.599. The minimum Gasteiger partial charge on any atom is -0.460 e. The minimum atomic E-state index is -0.845. The molecule has 1 aliphatic heterocycles. The number of benzene rings is 1. The average Bonchev–Trinajstić information content (AvgIpc) is 3.08. The van der Waals surface area contributed by atoms with Crippen molar-refractivity contribution in [3.05, 3.63) is 60.0 Å². The minimum absolute atomic E-state index is 0.0369. The molecular weight excluding hydrogens is 375 g/mol. The fraction of sp³-hybridized carbons (Fsp3) is 0.478. The molecule has 5 atom stereocenters. The Morgan fingerprint density at radius 2 is 1.97 bits per heavy atom. The predicted molar refractivity (Wildman–Crippen MR) is 106 cm³/mol. The highest BCUT2D eigenvalue weighted by atomic mass is 19.1. The highest BCUT2D eigenvalue weighted by Gasteiger charge is 2.38. The maximum atomic E-state index is 13.0. The number of hydrogen-bond donors (Lipinski definition) is 1. The molecule has 1 aromatic rings. The molecule has 1 saturated carbocycles.